The number of unbranched alkanes of at least 4 members (excludes halogenated alkanes) is 1. The van der Waals surface area contributed by atoms with Crippen molar-refractivity contribution in [3.63, 3.8) is 0 Å². The zero-order chi connectivity index (χ0) is 21.3. The number of azo groups is 1. The molecule has 2 aliphatic heterocycles. The first-order chi connectivity index (χ1) is 14.6. The van der Waals surface area contributed by atoms with E-state index in [1.807, 2.05) is 29.2 Å². The van der Waals surface area contributed by atoms with E-state index < -0.39 is 12.1 Å². The molecule has 0 aliphatic carbocycles. The topological polar surface area (TPSA) is 107 Å². The maximum absolute atomic E-state index is 12.7. The fraction of sp³-hybridized carbons (Fsp3) is 0.524. The molecule has 1 aromatic rings. The van der Waals surface area contributed by atoms with E-state index in [1.165, 1.54) is 0 Å². The third-order valence-electron chi connectivity index (χ3n) is 5.13. The highest BCUT2D eigenvalue weighted by Crippen LogP contribution is 2.21. The Morgan fingerprint density at radius 1 is 1.17 bits per heavy atom. The van der Waals surface area contributed by atoms with Gasteiger partial charge in [0.15, 0.2) is 6.10 Å². The summed E-state index contributed by atoms with van der Waals surface area (Å²) in [4.78, 5) is 32.5. The van der Waals surface area contributed by atoms with E-state index in [4.69, 9.17) is 9.94 Å². The molecular weight excluding hydrogens is 386 g/mol. The van der Waals surface area contributed by atoms with Crippen LogP contribution in [0.25, 0.3) is 5.70 Å². The number of benzene rings is 1. The summed E-state index contributed by atoms with van der Waals surface area (Å²) < 4.78 is 0. The summed E-state index contributed by atoms with van der Waals surface area (Å²) in [5.41, 5.74) is 5.61. The lowest BCUT2D eigenvalue weighted by atomic mass is 10.1. The molecule has 0 bridgehead atoms. The fourth-order valence-electron chi connectivity index (χ4n) is 3.34. The van der Waals surface area contributed by atoms with Gasteiger partial charge in [-0.1, -0.05) is 37.6 Å². The molecule has 9 heteroatoms. The minimum absolute atomic E-state index is 0.00365. The van der Waals surface area contributed by atoms with Gasteiger partial charge in [0.1, 0.15) is 0 Å². The van der Waals surface area contributed by atoms with Gasteiger partial charge in [-0.05, 0) is 23.6 Å². The Hall–Kier alpha value is -2.78. The van der Waals surface area contributed by atoms with Crippen molar-refractivity contribution >= 4 is 17.6 Å². The molecule has 2 heterocycles. The second-order valence-corrected chi connectivity index (χ2v) is 7.43. The average molecular weight is 415 g/mol. The Morgan fingerprint density at radius 2 is 1.90 bits per heavy atom. The number of nitrogens with one attached hydrogen (secondary N) is 1. The zero-order valence-electron chi connectivity index (χ0n) is 17.3. The van der Waals surface area contributed by atoms with Crippen molar-refractivity contribution < 1.29 is 19.5 Å². The molecule has 1 fully saturated rings. The number of hydroxylamine groups is 1. The highest BCUT2D eigenvalue weighted by atomic mass is 16.7. The van der Waals surface area contributed by atoms with Crippen LogP contribution in [0, 0.1) is 0 Å². The van der Waals surface area contributed by atoms with Gasteiger partial charge >= 0.3 is 5.97 Å². The van der Waals surface area contributed by atoms with Crippen molar-refractivity contribution in [2.75, 3.05) is 39.3 Å². The van der Waals surface area contributed by atoms with Gasteiger partial charge < -0.3 is 10.0 Å². The van der Waals surface area contributed by atoms with Crippen LogP contribution in [0.3, 0.4) is 0 Å². The van der Waals surface area contributed by atoms with Crippen LogP contribution < -0.4 is 5.48 Å². The van der Waals surface area contributed by atoms with Gasteiger partial charge in [-0.2, -0.15) is 10.2 Å². The maximum atomic E-state index is 12.7. The summed E-state index contributed by atoms with van der Waals surface area (Å²) in [6.07, 6.45) is 3.27. The lowest BCUT2D eigenvalue weighted by Gasteiger charge is -2.34. The molecule has 3 rings (SSSR count). The highest BCUT2D eigenvalue weighted by molar-refractivity contribution is 5.86. The number of carboxylic acids is 1. The molecule has 162 valence electrons. The number of piperazine rings is 1. The van der Waals surface area contributed by atoms with Gasteiger partial charge in [-0.15, -0.1) is 0 Å². The summed E-state index contributed by atoms with van der Waals surface area (Å²) in [6.45, 7) is 5.55. The Bertz CT molecular complexity index is 785. The number of aliphatic carboxylic acids is 1. The van der Waals surface area contributed by atoms with E-state index in [-0.39, 0.29) is 12.5 Å². The minimum atomic E-state index is -0.851. The molecule has 1 amide bonds. The maximum Gasteiger partial charge on any atom is 0.317 e. The lowest BCUT2D eigenvalue weighted by molar-refractivity contribution is -0.144. The molecule has 9 nitrogen and oxygen atoms in total. The van der Waals surface area contributed by atoms with Crippen molar-refractivity contribution in [2.45, 2.75) is 32.4 Å². The molecule has 2 aliphatic rings. The van der Waals surface area contributed by atoms with Crippen molar-refractivity contribution in [3.05, 3.63) is 41.5 Å². The van der Waals surface area contributed by atoms with Crippen molar-refractivity contribution in [1.82, 2.24) is 15.3 Å². The average Bonchev–Trinajstić information content (AvgIpc) is 3.24. The third-order valence-corrected chi connectivity index (χ3v) is 5.13. The molecule has 1 saturated heterocycles. The van der Waals surface area contributed by atoms with Crippen molar-refractivity contribution in [2.24, 2.45) is 10.2 Å². The number of carboxylic acid groups (broad SMARTS) is 1. The second-order valence-electron chi connectivity index (χ2n) is 7.43. The monoisotopic (exact) mass is 415 g/mol. The number of rotatable bonds is 9. The number of carbonyl (C=O) groups is 2. The van der Waals surface area contributed by atoms with Gasteiger partial charge in [0.05, 0.1) is 25.3 Å². The molecule has 1 aromatic carbocycles. The summed E-state index contributed by atoms with van der Waals surface area (Å²) in [5.74, 6) is -0.965. The summed E-state index contributed by atoms with van der Waals surface area (Å²) >= 11 is 0. The van der Waals surface area contributed by atoms with Crippen LogP contribution in [0.5, 0.6) is 0 Å². The molecule has 2 N–H and O–H groups in total. The molecule has 1 atom stereocenters. The van der Waals surface area contributed by atoms with Crippen LogP contribution in [-0.2, 0) is 21.0 Å². The summed E-state index contributed by atoms with van der Waals surface area (Å²) in [6, 6.07) is 7.92. The van der Waals surface area contributed by atoms with E-state index in [0.717, 1.165) is 36.2 Å². The van der Waals surface area contributed by atoms with Crippen molar-refractivity contribution in [1.29, 1.82) is 0 Å². The van der Waals surface area contributed by atoms with Crippen LogP contribution in [0.15, 0.2) is 40.6 Å². The first-order valence-corrected chi connectivity index (χ1v) is 10.4. The van der Waals surface area contributed by atoms with Crippen LogP contribution in [0.1, 0.15) is 30.9 Å². The van der Waals surface area contributed by atoms with Crippen molar-refractivity contribution in [3.8, 4) is 0 Å². The van der Waals surface area contributed by atoms with E-state index >= 15 is 0 Å². The Kier molecular flexibility index (Phi) is 7.92. The van der Waals surface area contributed by atoms with E-state index in [1.54, 1.807) is 11.0 Å². The quantitative estimate of drug-likeness (QED) is 0.471. The number of hydrogen-bond donors (Lipinski definition) is 2. The molecular formula is C21H29N5O4. The van der Waals surface area contributed by atoms with Gasteiger partial charge in [-0.25, -0.2) is 0 Å². The number of hydrogen-bond acceptors (Lipinski definition) is 7. The largest absolute Gasteiger partial charge is 0.480 e. The van der Waals surface area contributed by atoms with E-state index in [0.29, 0.717) is 32.7 Å². The molecule has 1 unspecified atom stereocenters. The van der Waals surface area contributed by atoms with Crippen LogP contribution in [-0.4, -0.2) is 72.2 Å². The normalized spacial score (nSPS) is 19.7. The minimum Gasteiger partial charge on any atom is -0.480 e. The van der Waals surface area contributed by atoms with Crippen LogP contribution in [0.2, 0.25) is 0 Å². The number of amides is 1. The zero-order valence-corrected chi connectivity index (χ0v) is 17.3. The Balaban J connectivity index is 1.51. The molecule has 0 spiro atoms. The van der Waals surface area contributed by atoms with Gasteiger partial charge in [0, 0.05) is 26.2 Å². The molecule has 0 radical (unpaired) electrons. The molecule has 0 aromatic heterocycles. The fourth-order valence-corrected chi connectivity index (χ4v) is 3.34. The first-order valence-electron chi connectivity index (χ1n) is 10.4. The second kappa shape index (κ2) is 10.8. The molecule has 30 heavy (non-hydrogen) atoms. The van der Waals surface area contributed by atoms with Crippen LogP contribution in [0.4, 0.5) is 0 Å². The highest BCUT2D eigenvalue weighted by Gasteiger charge is 2.31. The van der Waals surface area contributed by atoms with Crippen LogP contribution >= 0.6 is 0 Å². The number of carbonyl (C=O) groups excluding carboxylic acids is 1. The molecule has 0 saturated carbocycles. The Labute approximate surface area is 176 Å². The number of nitrogens with zero attached hydrogens (tertiary/aromatic N) is 4. The van der Waals surface area contributed by atoms with E-state index in [2.05, 4.69) is 22.6 Å². The van der Waals surface area contributed by atoms with Gasteiger partial charge in [0.25, 0.3) is 5.91 Å². The first kappa shape index (κ1) is 21.9. The Morgan fingerprint density at radius 3 is 2.57 bits per heavy atom. The SMILES string of the molecule is CCCCN=NCc1ccc(C2=CC(C(=O)N3CCN(CC(=O)O)CC3)ON2)cc1. The smallest absolute Gasteiger partial charge is 0.317 e. The summed E-state index contributed by atoms with van der Waals surface area (Å²) in [5, 5.41) is 17.2. The predicted molar refractivity (Wildman–Crippen MR) is 111 cm³/mol. The lowest BCUT2D eigenvalue weighted by Crippen LogP contribution is -2.52. The van der Waals surface area contributed by atoms with Gasteiger partial charge in [0.2, 0.25) is 0 Å². The van der Waals surface area contributed by atoms with E-state index in [9.17, 15) is 9.59 Å². The summed E-state index contributed by atoms with van der Waals surface area (Å²) in [7, 11) is 0. The standard InChI is InChI=1S/C21H29N5O4/c1-2-3-8-22-23-14-16-4-6-17(7-5-16)18-13-19(30-24-18)21(29)26-11-9-25(10-12-26)15-20(27)28/h4-7,13,19,24H,2-3,8-12,14-15H2,1H3,(H,27,28). The third kappa shape index (κ3) is 6.11. The predicted octanol–water partition coefficient (Wildman–Crippen LogP) is 1.91. The van der Waals surface area contributed by atoms with Gasteiger partial charge in [-0.3, -0.25) is 24.8 Å².